The van der Waals surface area contributed by atoms with Gasteiger partial charge in [0.25, 0.3) is 5.91 Å². The molecule has 5 rings (SSSR count). The number of hydrogen-bond donors (Lipinski definition) is 1. The first kappa shape index (κ1) is 21.3. The summed E-state index contributed by atoms with van der Waals surface area (Å²) in [7, 11) is 1.45. The Morgan fingerprint density at radius 2 is 1.76 bits per heavy atom. The number of fused-ring (bicyclic) bond motifs is 1. The zero-order valence-corrected chi connectivity index (χ0v) is 18.7. The average Bonchev–Trinajstić information content (AvgIpc) is 3.33. The van der Waals surface area contributed by atoms with Crippen LogP contribution in [0.4, 0.5) is 11.4 Å². The molecular formula is C25H21ClN2O5. The molecule has 3 aromatic rings. The van der Waals surface area contributed by atoms with Crippen LogP contribution in [0.15, 0.2) is 66.7 Å². The van der Waals surface area contributed by atoms with E-state index in [4.69, 9.17) is 21.2 Å². The van der Waals surface area contributed by atoms with Crippen molar-refractivity contribution in [2.75, 3.05) is 17.1 Å². The number of rotatable bonds is 4. The van der Waals surface area contributed by atoms with Crippen LogP contribution in [0.25, 0.3) is 0 Å². The summed E-state index contributed by atoms with van der Waals surface area (Å²) in [6.07, 6.45) is -0.999. The van der Waals surface area contributed by atoms with Gasteiger partial charge in [-0.3, -0.25) is 14.4 Å². The lowest BCUT2D eigenvalue weighted by atomic mass is 9.90. The summed E-state index contributed by atoms with van der Waals surface area (Å²) in [4.78, 5) is 34.5. The molecule has 0 aliphatic carbocycles. The van der Waals surface area contributed by atoms with Crippen molar-refractivity contribution in [1.29, 1.82) is 0 Å². The van der Waals surface area contributed by atoms with E-state index in [0.717, 1.165) is 0 Å². The van der Waals surface area contributed by atoms with E-state index in [2.05, 4.69) is 0 Å². The maximum Gasteiger partial charge on any atom is 0.266 e. The maximum absolute atomic E-state index is 13.7. The van der Waals surface area contributed by atoms with Gasteiger partial charge in [0.1, 0.15) is 5.92 Å². The van der Waals surface area contributed by atoms with Crippen molar-refractivity contribution in [2.45, 2.75) is 19.1 Å². The van der Waals surface area contributed by atoms with Gasteiger partial charge in [-0.1, -0.05) is 41.9 Å². The average molecular weight is 465 g/mol. The summed E-state index contributed by atoms with van der Waals surface area (Å²) < 4.78 is 5.28. The zero-order valence-electron chi connectivity index (χ0n) is 17.9. The van der Waals surface area contributed by atoms with Crippen molar-refractivity contribution in [3.63, 3.8) is 0 Å². The molecule has 2 fully saturated rings. The van der Waals surface area contributed by atoms with Crippen LogP contribution < -0.4 is 14.7 Å². The number of benzene rings is 3. The van der Waals surface area contributed by atoms with Gasteiger partial charge in [0.15, 0.2) is 17.6 Å². The zero-order chi connectivity index (χ0) is 23.3. The minimum atomic E-state index is -0.999. The van der Waals surface area contributed by atoms with E-state index in [0.29, 0.717) is 27.5 Å². The van der Waals surface area contributed by atoms with Gasteiger partial charge in [-0.15, -0.1) is 0 Å². The summed E-state index contributed by atoms with van der Waals surface area (Å²) in [5, 5.41) is 12.1. The Labute approximate surface area is 195 Å². The number of imide groups is 1. The van der Waals surface area contributed by atoms with Gasteiger partial charge < -0.3 is 9.84 Å². The second kappa shape index (κ2) is 8.10. The second-order valence-electron chi connectivity index (χ2n) is 7.99. The van der Waals surface area contributed by atoms with Gasteiger partial charge in [0, 0.05) is 5.02 Å². The van der Waals surface area contributed by atoms with Crippen LogP contribution >= 0.6 is 11.6 Å². The van der Waals surface area contributed by atoms with Gasteiger partial charge >= 0.3 is 0 Å². The van der Waals surface area contributed by atoms with E-state index in [1.54, 1.807) is 42.3 Å². The van der Waals surface area contributed by atoms with Crippen molar-refractivity contribution in [1.82, 2.24) is 0 Å². The van der Waals surface area contributed by atoms with E-state index < -0.39 is 24.0 Å². The van der Waals surface area contributed by atoms with Crippen molar-refractivity contribution in [3.8, 4) is 11.5 Å². The fraction of sp³-hybridized carbons (Fsp3) is 0.200. The second-order valence-corrected chi connectivity index (χ2v) is 8.39. The molecule has 3 aromatic carbocycles. The normalized spacial score (nSPS) is 22.1. The quantitative estimate of drug-likeness (QED) is 0.576. The largest absolute Gasteiger partial charge is 0.504 e. The number of nitrogens with zero attached hydrogens (tertiary/aromatic N) is 2. The van der Waals surface area contributed by atoms with Gasteiger partial charge in [0.2, 0.25) is 5.91 Å². The minimum Gasteiger partial charge on any atom is -0.504 e. The standard InChI is InChI=1S/C25H21ClN2O5/c1-14-17(26)9-6-10-18(14)27-24(30)21-22(15-11-12-19(29)20(13-15)32-2)28(33-23(21)25(27)31)16-7-4-3-5-8-16/h3-13,21-23,29H,1-2H3/t21-,22+,23+/m1/s1. The first-order valence-corrected chi connectivity index (χ1v) is 10.8. The van der Waals surface area contributed by atoms with E-state index in [1.165, 1.54) is 18.1 Å². The van der Waals surface area contributed by atoms with Crippen LogP contribution in [0.1, 0.15) is 17.2 Å². The molecule has 0 bridgehead atoms. The topological polar surface area (TPSA) is 79.3 Å². The number of ether oxygens (including phenoxy) is 1. The molecular weight excluding hydrogens is 444 g/mol. The fourth-order valence-electron chi connectivity index (χ4n) is 4.51. The molecule has 0 radical (unpaired) electrons. The predicted octanol–water partition coefficient (Wildman–Crippen LogP) is 4.41. The number of aromatic hydroxyl groups is 1. The lowest BCUT2D eigenvalue weighted by molar-refractivity contribution is -0.126. The van der Waals surface area contributed by atoms with Crippen LogP contribution in [0.2, 0.25) is 5.02 Å². The Morgan fingerprint density at radius 1 is 1.00 bits per heavy atom. The summed E-state index contributed by atoms with van der Waals surface area (Å²) in [6.45, 7) is 1.77. The number of amides is 2. The number of hydroxylamine groups is 1. The van der Waals surface area contributed by atoms with Crippen LogP contribution in [0.3, 0.4) is 0 Å². The number of carbonyl (C=O) groups is 2. The summed E-state index contributed by atoms with van der Waals surface area (Å²) in [5.41, 5.74) is 2.47. The lowest BCUT2D eigenvalue weighted by Gasteiger charge is -2.29. The smallest absolute Gasteiger partial charge is 0.266 e. The Balaban J connectivity index is 1.62. The summed E-state index contributed by atoms with van der Waals surface area (Å²) in [5.74, 6) is -1.36. The van der Waals surface area contributed by atoms with E-state index in [1.807, 2.05) is 30.3 Å². The molecule has 0 spiro atoms. The number of phenolic OH excluding ortho intramolecular Hbond substituents is 1. The van der Waals surface area contributed by atoms with Gasteiger partial charge in [-0.25, -0.2) is 9.96 Å². The summed E-state index contributed by atoms with van der Waals surface area (Å²) in [6, 6.07) is 18.6. The first-order valence-electron chi connectivity index (χ1n) is 10.4. The third-order valence-corrected chi connectivity index (χ3v) is 6.56. The molecule has 2 amide bonds. The minimum absolute atomic E-state index is 0.0204. The van der Waals surface area contributed by atoms with Gasteiger partial charge in [-0.05, 0) is 54.4 Å². The summed E-state index contributed by atoms with van der Waals surface area (Å²) >= 11 is 6.26. The van der Waals surface area contributed by atoms with Crippen molar-refractivity contribution in [3.05, 3.63) is 82.9 Å². The number of carbonyl (C=O) groups excluding carboxylic acids is 2. The monoisotopic (exact) mass is 464 g/mol. The molecule has 0 unspecified atom stereocenters. The fourth-order valence-corrected chi connectivity index (χ4v) is 4.68. The highest BCUT2D eigenvalue weighted by Gasteiger charge is 2.60. The molecule has 2 aliphatic heterocycles. The van der Waals surface area contributed by atoms with Gasteiger partial charge in [-0.2, -0.15) is 0 Å². The molecule has 3 atom stereocenters. The molecule has 2 heterocycles. The molecule has 2 saturated heterocycles. The highest BCUT2D eigenvalue weighted by molar-refractivity contribution is 6.32. The van der Waals surface area contributed by atoms with Gasteiger partial charge in [0.05, 0.1) is 24.5 Å². The van der Waals surface area contributed by atoms with E-state index >= 15 is 0 Å². The molecule has 0 aromatic heterocycles. The number of methoxy groups -OCH3 is 1. The number of anilines is 2. The predicted molar refractivity (Wildman–Crippen MR) is 123 cm³/mol. The highest BCUT2D eigenvalue weighted by atomic mass is 35.5. The number of hydrogen-bond acceptors (Lipinski definition) is 6. The van der Waals surface area contributed by atoms with Crippen molar-refractivity contribution in [2.24, 2.45) is 5.92 Å². The molecule has 168 valence electrons. The Hall–Kier alpha value is -3.55. The van der Waals surface area contributed by atoms with Crippen LogP contribution in [0.5, 0.6) is 11.5 Å². The first-order chi connectivity index (χ1) is 15.9. The van der Waals surface area contributed by atoms with E-state index in [9.17, 15) is 14.7 Å². The van der Waals surface area contributed by atoms with Crippen molar-refractivity contribution >= 4 is 34.8 Å². The van der Waals surface area contributed by atoms with E-state index in [-0.39, 0.29) is 17.4 Å². The highest BCUT2D eigenvalue weighted by Crippen LogP contribution is 2.49. The third kappa shape index (κ3) is 3.32. The molecule has 1 N–H and O–H groups in total. The number of para-hydroxylation sites is 1. The molecule has 8 heteroatoms. The molecule has 2 aliphatic rings. The van der Waals surface area contributed by atoms with Crippen LogP contribution in [-0.4, -0.2) is 30.1 Å². The molecule has 33 heavy (non-hydrogen) atoms. The Morgan fingerprint density at radius 3 is 2.48 bits per heavy atom. The number of halogens is 1. The Bertz CT molecular complexity index is 1250. The van der Waals surface area contributed by atoms with Crippen LogP contribution in [-0.2, 0) is 14.4 Å². The van der Waals surface area contributed by atoms with Crippen molar-refractivity contribution < 1.29 is 24.3 Å². The Kier molecular flexibility index (Phi) is 5.23. The maximum atomic E-state index is 13.7. The third-order valence-electron chi connectivity index (χ3n) is 6.15. The number of phenols is 1. The lowest BCUT2D eigenvalue weighted by Crippen LogP contribution is -2.37. The molecule has 7 nitrogen and oxygen atoms in total. The van der Waals surface area contributed by atoms with Crippen LogP contribution in [0, 0.1) is 12.8 Å². The molecule has 0 saturated carbocycles. The SMILES string of the molecule is COc1cc([C@H]2[C@H]3C(=O)N(c4cccc(Cl)c4C)C(=O)[C@H]3ON2c2ccccc2)ccc1O.